The Balaban J connectivity index is 1.84. The fourth-order valence-electron chi connectivity index (χ4n) is 2.16. The van der Waals surface area contributed by atoms with Crippen molar-refractivity contribution in [2.24, 2.45) is 0 Å². The van der Waals surface area contributed by atoms with Crippen LogP contribution in [0.15, 0.2) is 30.5 Å². The van der Waals surface area contributed by atoms with Crippen molar-refractivity contribution in [1.82, 2.24) is 4.98 Å². The van der Waals surface area contributed by atoms with Gasteiger partial charge in [0, 0.05) is 17.0 Å². The summed E-state index contributed by atoms with van der Waals surface area (Å²) < 4.78 is 5.80. The van der Waals surface area contributed by atoms with Crippen molar-refractivity contribution in [2.45, 2.75) is 25.7 Å². The van der Waals surface area contributed by atoms with Crippen LogP contribution >= 0.6 is 11.3 Å². The lowest BCUT2D eigenvalue weighted by molar-refractivity contribution is 0.262. The van der Waals surface area contributed by atoms with Gasteiger partial charge in [-0.05, 0) is 24.5 Å². The normalized spacial score (nSPS) is 18.5. The highest BCUT2D eigenvalue weighted by molar-refractivity contribution is 7.11. The minimum absolute atomic E-state index is 0.426. The highest BCUT2D eigenvalue weighted by Crippen LogP contribution is 2.33. The topological polar surface area (TPSA) is 22.1 Å². The van der Waals surface area contributed by atoms with Gasteiger partial charge in [-0.15, -0.1) is 11.3 Å². The highest BCUT2D eigenvalue weighted by atomic mass is 32.1. The number of aryl methyl sites for hydroxylation is 1. The fraction of sp³-hybridized carbons (Fsp3) is 0.357. The van der Waals surface area contributed by atoms with Gasteiger partial charge in [-0.1, -0.05) is 25.1 Å². The quantitative estimate of drug-likeness (QED) is 0.808. The summed E-state index contributed by atoms with van der Waals surface area (Å²) in [4.78, 5) is 5.88. The van der Waals surface area contributed by atoms with Crippen LogP contribution in [0.3, 0.4) is 0 Å². The molecule has 0 radical (unpaired) electrons. The molecule has 1 aliphatic heterocycles. The number of nitrogens with zero attached hydrogens (tertiary/aromatic N) is 1. The maximum absolute atomic E-state index is 5.80. The number of thiazole rings is 1. The molecule has 1 aromatic heterocycles. The minimum atomic E-state index is 0.426. The van der Waals surface area contributed by atoms with E-state index in [2.05, 4.69) is 24.0 Å². The van der Waals surface area contributed by atoms with Gasteiger partial charge in [0.2, 0.25) is 0 Å². The SMILES string of the molecule is CCc1cnc(C2COc3ccccc3C2)s1. The van der Waals surface area contributed by atoms with Crippen LogP contribution in [-0.4, -0.2) is 11.6 Å². The average molecular weight is 245 g/mol. The van der Waals surface area contributed by atoms with E-state index < -0.39 is 0 Å². The summed E-state index contributed by atoms with van der Waals surface area (Å²) in [6.45, 7) is 2.93. The van der Waals surface area contributed by atoms with Gasteiger partial charge in [-0.3, -0.25) is 0 Å². The third-order valence-electron chi connectivity index (χ3n) is 3.15. The van der Waals surface area contributed by atoms with Crippen molar-refractivity contribution in [3.05, 3.63) is 45.9 Å². The maximum Gasteiger partial charge on any atom is 0.122 e. The second-order valence-corrected chi connectivity index (χ2v) is 5.48. The first-order valence-corrected chi connectivity index (χ1v) is 6.83. The van der Waals surface area contributed by atoms with Crippen molar-refractivity contribution in [3.63, 3.8) is 0 Å². The van der Waals surface area contributed by atoms with Crippen LogP contribution in [0.1, 0.15) is 28.3 Å². The molecule has 0 saturated heterocycles. The summed E-state index contributed by atoms with van der Waals surface area (Å²) in [5.74, 6) is 1.46. The third-order valence-corrected chi connectivity index (χ3v) is 4.45. The van der Waals surface area contributed by atoms with Crippen LogP contribution in [-0.2, 0) is 12.8 Å². The summed E-state index contributed by atoms with van der Waals surface area (Å²) in [7, 11) is 0. The van der Waals surface area contributed by atoms with E-state index in [1.807, 2.05) is 29.7 Å². The van der Waals surface area contributed by atoms with Crippen LogP contribution in [0.25, 0.3) is 0 Å². The van der Waals surface area contributed by atoms with Gasteiger partial charge in [-0.25, -0.2) is 4.98 Å². The molecule has 0 spiro atoms. The lowest BCUT2D eigenvalue weighted by Crippen LogP contribution is -2.18. The van der Waals surface area contributed by atoms with Gasteiger partial charge in [0.15, 0.2) is 0 Å². The van der Waals surface area contributed by atoms with Crippen LogP contribution in [0, 0.1) is 0 Å². The lowest BCUT2D eigenvalue weighted by atomic mass is 9.97. The van der Waals surface area contributed by atoms with Crippen molar-refractivity contribution in [1.29, 1.82) is 0 Å². The first-order valence-electron chi connectivity index (χ1n) is 6.02. The highest BCUT2D eigenvalue weighted by Gasteiger charge is 2.23. The molecule has 0 aliphatic carbocycles. The van der Waals surface area contributed by atoms with E-state index in [4.69, 9.17) is 4.74 Å². The molecule has 17 heavy (non-hydrogen) atoms. The molecule has 2 nitrogen and oxygen atoms in total. The first-order chi connectivity index (χ1) is 8.36. The number of rotatable bonds is 2. The number of para-hydroxylation sites is 1. The minimum Gasteiger partial charge on any atom is -0.493 e. The average Bonchev–Trinajstić information content (AvgIpc) is 2.87. The lowest BCUT2D eigenvalue weighted by Gasteiger charge is -2.23. The number of hydrogen-bond donors (Lipinski definition) is 0. The van der Waals surface area contributed by atoms with E-state index in [0.717, 1.165) is 25.2 Å². The van der Waals surface area contributed by atoms with Crippen LogP contribution in [0.5, 0.6) is 5.75 Å². The van der Waals surface area contributed by atoms with Gasteiger partial charge < -0.3 is 4.74 Å². The van der Waals surface area contributed by atoms with Crippen LogP contribution in [0.2, 0.25) is 0 Å². The molecule has 88 valence electrons. The number of hydrogen-bond acceptors (Lipinski definition) is 3. The van der Waals surface area contributed by atoms with Crippen molar-refractivity contribution in [2.75, 3.05) is 6.61 Å². The summed E-state index contributed by atoms with van der Waals surface area (Å²) >= 11 is 1.82. The molecule has 0 saturated carbocycles. The molecule has 0 fully saturated rings. The molecule has 2 aromatic rings. The van der Waals surface area contributed by atoms with Gasteiger partial charge in [-0.2, -0.15) is 0 Å². The van der Waals surface area contributed by atoms with Gasteiger partial charge in [0.25, 0.3) is 0 Å². The second kappa shape index (κ2) is 4.49. The zero-order valence-corrected chi connectivity index (χ0v) is 10.7. The Labute approximate surface area is 105 Å². The van der Waals surface area contributed by atoms with E-state index >= 15 is 0 Å². The van der Waals surface area contributed by atoms with E-state index in [1.165, 1.54) is 15.4 Å². The molecule has 2 heterocycles. The Hall–Kier alpha value is -1.35. The predicted octanol–water partition coefficient (Wildman–Crippen LogP) is 3.42. The van der Waals surface area contributed by atoms with Crippen molar-refractivity contribution < 1.29 is 4.74 Å². The summed E-state index contributed by atoms with van der Waals surface area (Å²) in [5, 5.41) is 1.22. The predicted molar refractivity (Wildman–Crippen MR) is 69.9 cm³/mol. The molecule has 1 unspecified atom stereocenters. The van der Waals surface area contributed by atoms with E-state index in [-0.39, 0.29) is 0 Å². The van der Waals surface area contributed by atoms with Crippen LogP contribution < -0.4 is 4.74 Å². The fourth-order valence-corrected chi connectivity index (χ4v) is 3.10. The van der Waals surface area contributed by atoms with E-state index in [9.17, 15) is 0 Å². The van der Waals surface area contributed by atoms with Gasteiger partial charge >= 0.3 is 0 Å². The zero-order chi connectivity index (χ0) is 11.7. The van der Waals surface area contributed by atoms with Crippen molar-refractivity contribution >= 4 is 11.3 Å². The summed E-state index contributed by atoms with van der Waals surface area (Å²) in [6.07, 6.45) is 4.12. The van der Waals surface area contributed by atoms with Crippen molar-refractivity contribution in [3.8, 4) is 5.75 Å². The molecule has 1 atom stereocenters. The molecule has 1 aromatic carbocycles. The smallest absolute Gasteiger partial charge is 0.122 e. The Morgan fingerprint density at radius 1 is 1.41 bits per heavy atom. The molecule has 0 N–H and O–H groups in total. The Morgan fingerprint density at radius 2 is 2.29 bits per heavy atom. The molecular weight excluding hydrogens is 230 g/mol. The first kappa shape index (κ1) is 10.8. The van der Waals surface area contributed by atoms with Crippen LogP contribution in [0.4, 0.5) is 0 Å². The third kappa shape index (κ3) is 2.07. The molecule has 3 rings (SSSR count). The Kier molecular flexibility index (Phi) is 2.85. The zero-order valence-electron chi connectivity index (χ0n) is 9.85. The molecule has 3 heteroatoms. The summed E-state index contributed by atoms with van der Waals surface area (Å²) in [5.41, 5.74) is 1.30. The number of benzene rings is 1. The van der Waals surface area contributed by atoms with E-state index in [1.54, 1.807) is 0 Å². The van der Waals surface area contributed by atoms with E-state index in [0.29, 0.717) is 5.92 Å². The van der Waals surface area contributed by atoms with Gasteiger partial charge in [0.1, 0.15) is 5.75 Å². The molecular formula is C14H15NOS. The molecule has 0 amide bonds. The summed E-state index contributed by atoms with van der Waals surface area (Å²) in [6, 6.07) is 8.29. The number of aromatic nitrogens is 1. The second-order valence-electron chi connectivity index (χ2n) is 4.34. The maximum atomic E-state index is 5.80. The Bertz CT molecular complexity index is 520. The largest absolute Gasteiger partial charge is 0.493 e. The van der Waals surface area contributed by atoms with Gasteiger partial charge in [0.05, 0.1) is 11.6 Å². The molecule has 0 bridgehead atoms. The monoisotopic (exact) mass is 245 g/mol. The number of ether oxygens (including phenoxy) is 1. The molecule has 1 aliphatic rings. The Morgan fingerprint density at radius 3 is 3.12 bits per heavy atom. The standard InChI is InChI=1S/C14H15NOS/c1-2-12-8-15-14(17-12)11-7-10-5-3-4-6-13(10)16-9-11/h3-6,8,11H,2,7,9H2,1H3. The number of fused-ring (bicyclic) bond motifs is 1.